The van der Waals surface area contributed by atoms with Gasteiger partial charge >= 0.3 is 0 Å². The Morgan fingerprint density at radius 3 is 2.33 bits per heavy atom. The van der Waals surface area contributed by atoms with E-state index < -0.39 is 0 Å². The summed E-state index contributed by atoms with van der Waals surface area (Å²) in [7, 11) is 1.71. The largest absolute Gasteiger partial charge is 0.497 e. The van der Waals surface area contributed by atoms with Gasteiger partial charge in [0.05, 0.1) is 7.11 Å². The van der Waals surface area contributed by atoms with Gasteiger partial charge < -0.3 is 9.64 Å². The number of benzene rings is 2. The van der Waals surface area contributed by atoms with E-state index in [1.54, 1.807) is 7.11 Å². The molecule has 2 aromatic carbocycles. The lowest BCUT2D eigenvalue weighted by Crippen LogP contribution is -2.17. The van der Waals surface area contributed by atoms with E-state index in [9.17, 15) is 0 Å². The summed E-state index contributed by atoms with van der Waals surface area (Å²) in [6.45, 7) is 2.42. The van der Waals surface area contributed by atoms with Gasteiger partial charge in [0.1, 0.15) is 5.75 Å². The Bertz CT molecular complexity index is 570. The van der Waals surface area contributed by atoms with E-state index >= 15 is 0 Å². The molecule has 110 valence electrons. The van der Waals surface area contributed by atoms with Gasteiger partial charge in [-0.2, -0.15) is 0 Å². The van der Waals surface area contributed by atoms with Crippen molar-refractivity contribution in [2.75, 3.05) is 25.1 Å². The van der Waals surface area contributed by atoms with Crippen molar-refractivity contribution in [3.63, 3.8) is 0 Å². The smallest absolute Gasteiger partial charge is 0.118 e. The maximum absolute atomic E-state index is 5.20. The summed E-state index contributed by atoms with van der Waals surface area (Å²) in [6, 6.07) is 17.4. The second kappa shape index (κ2) is 6.66. The number of rotatable bonds is 5. The third-order valence-electron chi connectivity index (χ3n) is 4.24. The van der Waals surface area contributed by atoms with Gasteiger partial charge in [-0.3, -0.25) is 0 Å². The number of anilines is 1. The van der Waals surface area contributed by atoms with Crippen LogP contribution in [0.1, 0.15) is 24.0 Å². The molecule has 1 aliphatic rings. The summed E-state index contributed by atoms with van der Waals surface area (Å²) >= 11 is 0. The molecule has 1 saturated heterocycles. The highest BCUT2D eigenvalue weighted by Crippen LogP contribution is 2.22. The van der Waals surface area contributed by atoms with E-state index in [1.807, 2.05) is 12.1 Å². The third kappa shape index (κ3) is 3.57. The van der Waals surface area contributed by atoms with Gasteiger partial charge in [-0.15, -0.1) is 0 Å². The molecule has 0 aromatic heterocycles. The molecule has 0 radical (unpaired) electrons. The first-order valence-electron chi connectivity index (χ1n) is 7.82. The van der Waals surface area contributed by atoms with Gasteiger partial charge in [-0.05, 0) is 61.1 Å². The zero-order valence-electron chi connectivity index (χ0n) is 12.7. The Hall–Kier alpha value is -1.96. The van der Waals surface area contributed by atoms with Gasteiger partial charge in [0.25, 0.3) is 0 Å². The molecule has 1 aliphatic heterocycles. The minimum absolute atomic E-state index is 0.926. The molecule has 0 saturated carbocycles. The number of hydrogen-bond acceptors (Lipinski definition) is 2. The highest BCUT2D eigenvalue weighted by Gasteiger charge is 2.12. The van der Waals surface area contributed by atoms with Crippen LogP contribution in [0.4, 0.5) is 5.69 Å². The van der Waals surface area contributed by atoms with E-state index in [0.29, 0.717) is 0 Å². The third-order valence-corrected chi connectivity index (χ3v) is 4.24. The molecular formula is C19H23NO. The van der Waals surface area contributed by atoms with E-state index in [4.69, 9.17) is 4.74 Å². The average molecular weight is 281 g/mol. The maximum Gasteiger partial charge on any atom is 0.118 e. The minimum Gasteiger partial charge on any atom is -0.497 e. The first-order valence-corrected chi connectivity index (χ1v) is 7.82. The normalized spacial score (nSPS) is 14.4. The van der Waals surface area contributed by atoms with Crippen LogP contribution >= 0.6 is 0 Å². The van der Waals surface area contributed by atoms with Crippen LogP contribution in [-0.4, -0.2) is 20.2 Å². The summed E-state index contributed by atoms with van der Waals surface area (Å²) in [4.78, 5) is 2.50. The van der Waals surface area contributed by atoms with Crippen molar-refractivity contribution in [2.24, 2.45) is 0 Å². The zero-order valence-corrected chi connectivity index (χ0v) is 12.7. The van der Waals surface area contributed by atoms with Crippen LogP contribution in [0.5, 0.6) is 5.75 Å². The molecule has 1 fully saturated rings. The van der Waals surface area contributed by atoms with Crippen molar-refractivity contribution < 1.29 is 4.74 Å². The molecule has 21 heavy (non-hydrogen) atoms. The van der Waals surface area contributed by atoms with Crippen LogP contribution in [0.15, 0.2) is 48.5 Å². The number of aryl methyl sites for hydroxylation is 2. The van der Waals surface area contributed by atoms with Gasteiger partial charge in [0.2, 0.25) is 0 Å². The van der Waals surface area contributed by atoms with Crippen molar-refractivity contribution in [1.82, 2.24) is 0 Å². The molecule has 3 rings (SSSR count). The number of nitrogens with zero attached hydrogens (tertiary/aromatic N) is 1. The maximum atomic E-state index is 5.20. The first kappa shape index (κ1) is 14.0. The van der Waals surface area contributed by atoms with E-state index in [2.05, 4.69) is 41.3 Å². The lowest BCUT2D eigenvalue weighted by molar-refractivity contribution is 0.414. The Kier molecular flexibility index (Phi) is 4.44. The minimum atomic E-state index is 0.926. The van der Waals surface area contributed by atoms with E-state index in [-0.39, 0.29) is 0 Å². The zero-order chi connectivity index (χ0) is 14.5. The molecular weight excluding hydrogens is 258 g/mol. The second-order valence-electron chi connectivity index (χ2n) is 5.71. The molecule has 0 aliphatic carbocycles. The van der Waals surface area contributed by atoms with E-state index in [0.717, 1.165) is 18.6 Å². The number of ether oxygens (including phenoxy) is 1. The van der Waals surface area contributed by atoms with Crippen LogP contribution in [0.2, 0.25) is 0 Å². The van der Waals surface area contributed by atoms with Crippen molar-refractivity contribution in [2.45, 2.75) is 25.7 Å². The predicted molar refractivity (Wildman–Crippen MR) is 88.3 cm³/mol. The van der Waals surface area contributed by atoms with Crippen LogP contribution in [0.3, 0.4) is 0 Å². The van der Waals surface area contributed by atoms with Gasteiger partial charge in [0, 0.05) is 18.8 Å². The molecule has 2 heteroatoms. The predicted octanol–water partition coefficient (Wildman–Crippen LogP) is 4.08. The molecule has 0 unspecified atom stereocenters. The van der Waals surface area contributed by atoms with E-state index in [1.165, 1.54) is 42.7 Å². The summed E-state index contributed by atoms with van der Waals surface area (Å²) in [5.41, 5.74) is 4.18. The summed E-state index contributed by atoms with van der Waals surface area (Å²) in [5, 5.41) is 0. The molecule has 0 atom stereocenters. The molecule has 0 amide bonds. The Morgan fingerprint density at radius 2 is 1.62 bits per heavy atom. The van der Waals surface area contributed by atoms with Crippen LogP contribution in [0, 0.1) is 0 Å². The Labute approximate surface area is 127 Å². The molecule has 2 aromatic rings. The standard InChI is InChI=1S/C19H23NO/c1-21-19-11-9-16(10-12-19)7-8-17-5-4-6-18(15-17)20-13-2-3-14-20/h4-6,9-12,15H,2-3,7-8,13-14H2,1H3. The van der Waals surface area contributed by atoms with Gasteiger partial charge in [0.15, 0.2) is 0 Å². The molecule has 0 bridgehead atoms. The SMILES string of the molecule is COc1ccc(CCc2cccc(N3CCCC3)c2)cc1. The Balaban J connectivity index is 1.62. The van der Waals surface area contributed by atoms with Crippen molar-refractivity contribution in [3.05, 3.63) is 59.7 Å². The van der Waals surface area contributed by atoms with Crippen molar-refractivity contribution in [3.8, 4) is 5.75 Å². The van der Waals surface area contributed by atoms with Crippen LogP contribution < -0.4 is 9.64 Å². The van der Waals surface area contributed by atoms with Crippen molar-refractivity contribution in [1.29, 1.82) is 0 Å². The fourth-order valence-corrected chi connectivity index (χ4v) is 2.96. The van der Waals surface area contributed by atoms with Gasteiger partial charge in [-0.25, -0.2) is 0 Å². The van der Waals surface area contributed by atoms with Crippen LogP contribution in [-0.2, 0) is 12.8 Å². The fourth-order valence-electron chi connectivity index (χ4n) is 2.96. The van der Waals surface area contributed by atoms with Crippen molar-refractivity contribution >= 4 is 5.69 Å². The summed E-state index contributed by atoms with van der Waals surface area (Å²) in [5.74, 6) is 0.926. The number of hydrogen-bond donors (Lipinski definition) is 0. The molecule has 2 nitrogen and oxygen atoms in total. The number of methoxy groups -OCH3 is 1. The Morgan fingerprint density at radius 1 is 0.905 bits per heavy atom. The average Bonchev–Trinajstić information content (AvgIpc) is 3.08. The fraction of sp³-hybridized carbons (Fsp3) is 0.368. The topological polar surface area (TPSA) is 12.5 Å². The second-order valence-corrected chi connectivity index (χ2v) is 5.71. The van der Waals surface area contributed by atoms with Gasteiger partial charge in [-0.1, -0.05) is 24.3 Å². The molecule has 0 N–H and O–H groups in total. The monoisotopic (exact) mass is 281 g/mol. The van der Waals surface area contributed by atoms with Crippen LogP contribution in [0.25, 0.3) is 0 Å². The lowest BCUT2D eigenvalue weighted by Gasteiger charge is -2.18. The summed E-state index contributed by atoms with van der Waals surface area (Å²) in [6.07, 6.45) is 4.83. The highest BCUT2D eigenvalue weighted by molar-refractivity contribution is 5.49. The summed E-state index contributed by atoms with van der Waals surface area (Å²) < 4.78 is 5.20. The molecule has 1 heterocycles. The quantitative estimate of drug-likeness (QED) is 0.819. The highest BCUT2D eigenvalue weighted by atomic mass is 16.5. The lowest BCUT2D eigenvalue weighted by atomic mass is 10.0. The first-order chi connectivity index (χ1) is 10.3. The molecule has 0 spiro atoms.